The molecule has 0 unspecified atom stereocenters. The summed E-state index contributed by atoms with van der Waals surface area (Å²) in [4.78, 5) is 32.3. The van der Waals surface area contributed by atoms with Crippen molar-refractivity contribution in [3.63, 3.8) is 0 Å². The molecule has 0 atom stereocenters. The van der Waals surface area contributed by atoms with E-state index in [-0.39, 0.29) is 0 Å². The summed E-state index contributed by atoms with van der Waals surface area (Å²) >= 11 is 0. The SMILES string of the molecule is O=CNc1ccc2c(c1)C(=O)C(=O)N2. The van der Waals surface area contributed by atoms with Crippen molar-refractivity contribution in [1.29, 1.82) is 0 Å². The van der Waals surface area contributed by atoms with Gasteiger partial charge in [-0.3, -0.25) is 14.4 Å². The van der Waals surface area contributed by atoms with E-state index in [1.165, 1.54) is 6.07 Å². The Morgan fingerprint density at radius 3 is 2.79 bits per heavy atom. The molecule has 0 spiro atoms. The quantitative estimate of drug-likeness (QED) is 0.523. The second kappa shape index (κ2) is 2.95. The molecule has 0 aliphatic carbocycles. The van der Waals surface area contributed by atoms with Crippen molar-refractivity contribution in [2.45, 2.75) is 0 Å². The maximum atomic E-state index is 11.2. The highest BCUT2D eigenvalue weighted by molar-refractivity contribution is 6.51. The molecule has 1 heterocycles. The number of fused-ring (bicyclic) bond motifs is 1. The van der Waals surface area contributed by atoms with E-state index in [0.29, 0.717) is 23.3 Å². The minimum Gasteiger partial charge on any atom is -0.329 e. The van der Waals surface area contributed by atoms with Crippen LogP contribution in [0, 0.1) is 0 Å². The van der Waals surface area contributed by atoms with Gasteiger partial charge in [0, 0.05) is 5.69 Å². The predicted molar refractivity (Wildman–Crippen MR) is 49.1 cm³/mol. The van der Waals surface area contributed by atoms with Crippen LogP contribution in [0.5, 0.6) is 0 Å². The van der Waals surface area contributed by atoms with E-state index >= 15 is 0 Å². The number of amides is 2. The van der Waals surface area contributed by atoms with E-state index in [0.717, 1.165) is 0 Å². The zero-order chi connectivity index (χ0) is 10.1. The molecule has 14 heavy (non-hydrogen) atoms. The third kappa shape index (κ3) is 1.15. The molecule has 2 amide bonds. The largest absolute Gasteiger partial charge is 0.329 e. The molecule has 1 aliphatic heterocycles. The monoisotopic (exact) mass is 190 g/mol. The van der Waals surface area contributed by atoms with Gasteiger partial charge in [0.2, 0.25) is 6.41 Å². The fourth-order valence-corrected chi connectivity index (χ4v) is 1.30. The van der Waals surface area contributed by atoms with Crippen molar-refractivity contribution in [2.24, 2.45) is 0 Å². The molecule has 1 aliphatic rings. The summed E-state index contributed by atoms with van der Waals surface area (Å²) in [6.07, 6.45) is 0.510. The molecular weight excluding hydrogens is 184 g/mol. The summed E-state index contributed by atoms with van der Waals surface area (Å²) in [6, 6.07) is 4.64. The zero-order valence-corrected chi connectivity index (χ0v) is 7.03. The van der Waals surface area contributed by atoms with Crippen LogP contribution in [0.15, 0.2) is 18.2 Å². The highest BCUT2D eigenvalue weighted by atomic mass is 16.2. The van der Waals surface area contributed by atoms with Crippen LogP contribution in [0.3, 0.4) is 0 Å². The van der Waals surface area contributed by atoms with Crippen molar-refractivity contribution >= 4 is 29.5 Å². The molecule has 0 saturated carbocycles. The van der Waals surface area contributed by atoms with Gasteiger partial charge in [-0.05, 0) is 18.2 Å². The second-order valence-electron chi connectivity index (χ2n) is 2.81. The minimum absolute atomic E-state index is 0.293. The second-order valence-corrected chi connectivity index (χ2v) is 2.81. The van der Waals surface area contributed by atoms with Gasteiger partial charge < -0.3 is 10.6 Å². The first-order valence-corrected chi connectivity index (χ1v) is 3.92. The van der Waals surface area contributed by atoms with Gasteiger partial charge in [0.05, 0.1) is 11.3 Å². The van der Waals surface area contributed by atoms with Crippen LogP contribution in [0.1, 0.15) is 10.4 Å². The average Bonchev–Trinajstić information content (AvgIpc) is 2.45. The number of carbonyl (C=O) groups excluding carboxylic acids is 3. The number of hydrogen-bond acceptors (Lipinski definition) is 3. The number of benzene rings is 1. The molecular formula is C9H6N2O3. The van der Waals surface area contributed by atoms with Gasteiger partial charge in [0.15, 0.2) is 0 Å². The van der Waals surface area contributed by atoms with Gasteiger partial charge in [-0.1, -0.05) is 0 Å². The van der Waals surface area contributed by atoms with Crippen LogP contribution in [-0.2, 0) is 9.59 Å². The summed E-state index contributed by atoms with van der Waals surface area (Å²) < 4.78 is 0. The summed E-state index contributed by atoms with van der Waals surface area (Å²) in [5.74, 6) is -1.21. The molecule has 0 fully saturated rings. The van der Waals surface area contributed by atoms with Crippen molar-refractivity contribution < 1.29 is 14.4 Å². The predicted octanol–water partition coefficient (Wildman–Crippen LogP) is 0.390. The minimum atomic E-state index is -0.636. The Kier molecular flexibility index (Phi) is 1.78. The van der Waals surface area contributed by atoms with Crippen molar-refractivity contribution in [1.82, 2.24) is 0 Å². The van der Waals surface area contributed by atoms with E-state index in [1.807, 2.05) is 0 Å². The van der Waals surface area contributed by atoms with Crippen LogP contribution in [-0.4, -0.2) is 18.1 Å². The Morgan fingerprint density at radius 1 is 1.29 bits per heavy atom. The molecule has 5 nitrogen and oxygen atoms in total. The third-order valence-corrected chi connectivity index (χ3v) is 1.94. The normalized spacial score (nSPS) is 13.4. The number of carbonyl (C=O) groups is 3. The first-order chi connectivity index (χ1) is 6.72. The molecule has 2 rings (SSSR count). The Labute approximate surface area is 79.1 Å². The number of nitrogens with one attached hydrogen (secondary N) is 2. The number of Topliss-reactive ketones (excluding diaryl/α,β-unsaturated/α-hetero) is 1. The lowest BCUT2D eigenvalue weighted by molar-refractivity contribution is -0.112. The molecule has 5 heteroatoms. The van der Waals surface area contributed by atoms with E-state index in [4.69, 9.17) is 0 Å². The highest BCUT2D eigenvalue weighted by Gasteiger charge is 2.27. The molecule has 0 aromatic heterocycles. The van der Waals surface area contributed by atoms with E-state index in [1.54, 1.807) is 12.1 Å². The number of anilines is 2. The molecule has 70 valence electrons. The lowest BCUT2D eigenvalue weighted by Gasteiger charge is -2.00. The van der Waals surface area contributed by atoms with Gasteiger partial charge >= 0.3 is 0 Å². The van der Waals surface area contributed by atoms with Gasteiger partial charge in [-0.2, -0.15) is 0 Å². The molecule has 0 radical (unpaired) electrons. The van der Waals surface area contributed by atoms with Crippen molar-refractivity contribution in [3.8, 4) is 0 Å². The zero-order valence-electron chi connectivity index (χ0n) is 7.03. The van der Waals surface area contributed by atoms with Gasteiger partial charge in [-0.15, -0.1) is 0 Å². The summed E-state index contributed by atoms with van der Waals surface area (Å²) in [7, 11) is 0. The average molecular weight is 190 g/mol. The van der Waals surface area contributed by atoms with Crippen molar-refractivity contribution in [3.05, 3.63) is 23.8 Å². The van der Waals surface area contributed by atoms with E-state index in [9.17, 15) is 14.4 Å². The molecule has 1 aromatic rings. The topological polar surface area (TPSA) is 75.3 Å². The molecule has 0 bridgehead atoms. The standard InChI is InChI=1S/C9H6N2O3/c12-4-10-5-1-2-7-6(3-5)8(13)9(14)11-7/h1-4H,(H,10,12)(H,11,13,14). The molecule has 0 saturated heterocycles. The van der Waals surface area contributed by atoms with Crippen LogP contribution in [0.4, 0.5) is 11.4 Å². The maximum Gasteiger partial charge on any atom is 0.296 e. The fraction of sp³-hybridized carbons (Fsp3) is 0. The Balaban J connectivity index is 2.46. The Bertz CT molecular complexity index is 440. The van der Waals surface area contributed by atoms with Crippen LogP contribution < -0.4 is 10.6 Å². The third-order valence-electron chi connectivity index (χ3n) is 1.94. The molecule has 1 aromatic carbocycles. The lowest BCUT2D eigenvalue weighted by Crippen LogP contribution is -2.12. The number of hydrogen-bond donors (Lipinski definition) is 2. The first kappa shape index (κ1) is 8.43. The summed E-state index contributed by atoms with van der Waals surface area (Å²) in [5, 5.41) is 4.81. The van der Waals surface area contributed by atoms with Crippen molar-refractivity contribution in [2.75, 3.05) is 10.6 Å². The highest BCUT2D eigenvalue weighted by Crippen LogP contribution is 2.25. The molecule has 2 N–H and O–H groups in total. The Hall–Kier alpha value is -2.17. The maximum absolute atomic E-state index is 11.2. The van der Waals surface area contributed by atoms with Gasteiger partial charge in [-0.25, -0.2) is 0 Å². The van der Waals surface area contributed by atoms with Gasteiger partial charge in [0.1, 0.15) is 0 Å². The fourth-order valence-electron chi connectivity index (χ4n) is 1.30. The van der Waals surface area contributed by atoms with E-state index < -0.39 is 11.7 Å². The summed E-state index contributed by atoms with van der Waals surface area (Å²) in [6.45, 7) is 0. The van der Waals surface area contributed by atoms with Crippen LogP contribution >= 0.6 is 0 Å². The Morgan fingerprint density at radius 2 is 2.07 bits per heavy atom. The number of rotatable bonds is 2. The summed E-state index contributed by atoms with van der Waals surface area (Å²) in [5.41, 5.74) is 1.27. The lowest BCUT2D eigenvalue weighted by atomic mass is 10.1. The van der Waals surface area contributed by atoms with Crippen LogP contribution in [0.2, 0.25) is 0 Å². The van der Waals surface area contributed by atoms with E-state index in [2.05, 4.69) is 10.6 Å². The number of ketones is 1. The van der Waals surface area contributed by atoms with Gasteiger partial charge in [0.25, 0.3) is 11.7 Å². The smallest absolute Gasteiger partial charge is 0.296 e. The first-order valence-electron chi connectivity index (χ1n) is 3.92. The van der Waals surface area contributed by atoms with Crippen LogP contribution in [0.25, 0.3) is 0 Å².